The van der Waals surface area contributed by atoms with Crippen LogP contribution < -0.4 is 5.32 Å². The predicted octanol–water partition coefficient (Wildman–Crippen LogP) is 3.08. The van der Waals surface area contributed by atoms with E-state index in [-0.39, 0.29) is 24.4 Å². The summed E-state index contributed by atoms with van der Waals surface area (Å²) in [5.74, 6) is -0.321. The van der Waals surface area contributed by atoms with Gasteiger partial charge in [0.05, 0.1) is 27.7 Å². The fraction of sp³-hybridized carbons (Fsp3) is 0.471. The zero-order valence-electron chi connectivity index (χ0n) is 13.5. The molecule has 1 amide bonds. The minimum Gasteiger partial charge on any atom is -0.463 e. The van der Waals surface area contributed by atoms with Crippen molar-refractivity contribution in [3.8, 4) is 0 Å². The fourth-order valence-corrected chi connectivity index (χ4v) is 3.15. The molecule has 124 valence electrons. The molecule has 0 aliphatic carbocycles. The lowest BCUT2D eigenvalue weighted by molar-refractivity contribution is -0.147. The molecule has 0 spiro atoms. The third-order valence-corrected chi connectivity index (χ3v) is 4.25. The van der Waals surface area contributed by atoms with Crippen LogP contribution >= 0.6 is 11.3 Å². The lowest BCUT2D eigenvalue weighted by atomic mass is 10.2. The van der Waals surface area contributed by atoms with Gasteiger partial charge < -0.3 is 10.1 Å². The summed E-state index contributed by atoms with van der Waals surface area (Å²) in [6.45, 7) is 3.93. The third kappa shape index (κ3) is 5.98. The Morgan fingerprint density at radius 3 is 2.78 bits per heavy atom. The average molecular weight is 334 g/mol. The molecule has 5 nitrogen and oxygen atoms in total. The van der Waals surface area contributed by atoms with Crippen molar-refractivity contribution < 1.29 is 14.3 Å². The molecule has 23 heavy (non-hydrogen) atoms. The number of nitrogens with one attached hydrogen (secondary N) is 1. The van der Waals surface area contributed by atoms with Gasteiger partial charge in [0.25, 0.3) is 0 Å². The topological polar surface area (TPSA) is 68.3 Å². The molecule has 1 N–H and O–H groups in total. The normalized spacial score (nSPS) is 10.9. The van der Waals surface area contributed by atoms with Crippen molar-refractivity contribution in [2.24, 2.45) is 0 Å². The maximum Gasteiger partial charge on any atom is 0.307 e. The number of fused-ring (bicyclic) bond motifs is 1. The van der Waals surface area contributed by atoms with Crippen LogP contribution in [0.4, 0.5) is 0 Å². The van der Waals surface area contributed by atoms with Crippen molar-refractivity contribution >= 4 is 33.4 Å². The summed E-state index contributed by atoms with van der Waals surface area (Å²) in [5, 5.41) is 3.80. The monoisotopic (exact) mass is 334 g/mol. The second kappa shape index (κ2) is 8.62. The summed E-state index contributed by atoms with van der Waals surface area (Å²) >= 11 is 1.67. The number of esters is 1. The van der Waals surface area contributed by atoms with Gasteiger partial charge >= 0.3 is 5.97 Å². The van der Waals surface area contributed by atoms with Gasteiger partial charge in [-0.15, -0.1) is 11.3 Å². The highest BCUT2D eigenvalue weighted by Crippen LogP contribution is 2.22. The zero-order chi connectivity index (χ0) is 16.7. The molecule has 0 atom stereocenters. The Morgan fingerprint density at radius 2 is 2.04 bits per heavy atom. The summed E-state index contributed by atoms with van der Waals surface area (Å²) in [6, 6.07) is 8.03. The number of hydrogen-bond acceptors (Lipinski definition) is 5. The lowest BCUT2D eigenvalue weighted by Gasteiger charge is -2.08. The van der Waals surface area contributed by atoms with E-state index in [0.29, 0.717) is 13.0 Å². The number of carbonyl (C=O) groups is 2. The molecule has 1 heterocycles. The Kier molecular flexibility index (Phi) is 6.52. The van der Waals surface area contributed by atoms with Gasteiger partial charge in [0.2, 0.25) is 5.91 Å². The summed E-state index contributed by atoms with van der Waals surface area (Å²) in [7, 11) is 0. The Labute approximate surface area is 140 Å². The van der Waals surface area contributed by atoms with Crippen molar-refractivity contribution in [1.82, 2.24) is 10.3 Å². The highest BCUT2D eigenvalue weighted by atomic mass is 32.1. The second-order valence-electron chi connectivity index (χ2n) is 5.57. The number of nitrogens with zero attached hydrogens (tertiary/aromatic N) is 1. The average Bonchev–Trinajstić information content (AvgIpc) is 2.89. The van der Waals surface area contributed by atoms with Gasteiger partial charge in [0.1, 0.15) is 0 Å². The molecule has 0 unspecified atom stereocenters. The van der Waals surface area contributed by atoms with Gasteiger partial charge in [0, 0.05) is 13.0 Å². The van der Waals surface area contributed by atoms with Crippen molar-refractivity contribution in [3.05, 3.63) is 29.3 Å². The van der Waals surface area contributed by atoms with Gasteiger partial charge in [-0.2, -0.15) is 0 Å². The van der Waals surface area contributed by atoms with E-state index in [4.69, 9.17) is 4.74 Å². The van der Waals surface area contributed by atoms with Crippen LogP contribution in [-0.4, -0.2) is 29.5 Å². The molecule has 0 bridgehead atoms. The third-order valence-electron chi connectivity index (χ3n) is 3.15. The van der Waals surface area contributed by atoms with E-state index in [1.165, 1.54) is 4.70 Å². The molecule has 0 fully saturated rings. The number of carbonyl (C=O) groups excluding carboxylic acids is 2. The molecule has 1 aromatic heterocycles. The molecule has 0 radical (unpaired) electrons. The lowest BCUT2D eigenvalue weighted by Crippen LogP contribution is -2.26. The molecular formula is C17H22N2O3S. The smallest absolute Gasteiger partial charge is 0.307 e. The molecule has 2 rings (SSSR count). The van der Waals surface area contributed by atoms with Crippen LogP contribution in [0, 0.1) is 0 Å². The fourth-order valence-electron chi connectivity index (χ4n) is 2.14. The summed E-state index contributed by atoms with van der Waals surface area (Å²) in [6.07, 6.45) is 2.08. The first-order valence-electron chi connectivity index (χ1n) is 7.85. The maximum atomic E-state index is 11.7. The van der Waals surface area contributed by atoms with E-state index in [1.807, 2.05) is 18.2 Å². The van der Waals surface area contributed by atoms with Crippen molar-refractivity contribution in [2.45, 2.75) is 45.6 Å². The van der Waals surface area contributed by atoms with Crippen LogP contribution in [0.25, 0.3) is 10.2 Å². The first-order chi connectivity index (χ1) is 11.0. The Balaban J connectivity index is 1.64. The molecule has 6 heteroatoms. The van der Waals surface area contributed by atoms with Gasteiger partial charge in [-0.3, -0.25) is 9.59 Å². The minimum atomic E-state index is -0.283. The van der Waals surface area contributed by atoms with Crippen molar-refractivity contribution in [1.29, 1.82) is 0 Å². The number of aryl methyl sites for hydroxylation is 1. The number of amides is 1. The standard InChI is InChI=1S/C17H22N2O3S/c1-12(2)22-17(21)10-11-18-15(20)8-5-9-16-19-13-6-3-4-7-14(13)23-16/h3-4,6-7,12H,5,8-11H2,1-2H3,(H,18,20). The predicted molar refractivity (Wildman–Crippen MR) is 91.4 cm³/mol. The number of ether oxygens (including phenoxy) is 1. The van der Waals surface area contributed by atoms with E-state index in [2.05, 4.69) is 16.4 Å². The molecule has 2 aromatic rings. The second-order valence-corrected chi connectivity index (χ2v) is 6.68. The first kappa shape index (κ1) is 17.4. The van der Waals surface area contributed by atoms with E-state index in [9.17, 15) is 9.59 Å². The van der Waals surface area contributed by atoms with Crippen LogP contribution in [0.2, 0.25) is 0 Å². The van der Waals surface area contributed by atoms with E-state index >= 15 is 0 Å². The molecule has 0 saturated heterocycles. The SMILES string of the molecule is CC(C)OC(=O)CCNC(=O)CCCc1nc2ccccc2s1. The van der Waals surface area contributed by atoms with Gasteiger partial charge in [-0.05, 0) is 38.8 Å². The summed E-state index contributed by atoms with van der Waals surface area (Å²) < 4.78 is 6.18. The largest absolute Gasteiger partial charge is 0.463 e. The van der Waals surface area contributed by atoms with Crippen LogP contribution in [0.1, 0.15) is 38.1 Å². The number of para-hydroxylation sites is 1. The van der Waals surface area contributed by atoms with E-state index in [0.717, 1.165) is 23.4 Å². The number of rotatable bonds is 8. The van der Waals surface area contributed by atoms with Crippen LogP contribution in [0.5, 0.6) is 0 Å². The molecule has 1 aromatic carbocycles. The van der Waals surface area contributed by atoms with Crippen LogP contribution in [0.3, 0.4) is 0 Å². The van der Waals surface area contributed by atoms with Crippen LogP contribution in [0.15, 0.2) is 24.3 Å². The number of benzene rings is 1. The zero-order valence-corrected chi connectivity index (χ0v) is 14.3. The Hall–Kier alpha value is -1.95. The van der Waals surface area contributed by atoms with Gasteiger partial charge in [-0.25, -0.2) is 4.98 Å². The van der Waals surface area contributed by atoms with Gasteiger partial charge in [-0.1, -0.05) is 12.1 Å². The highest BCUT2D eigenvalue weighted by molar-refractivity contribution is 7.18. The molecule has 0 aliphatic heterocycles. The first-order valence-corrected chi connectivity index (χ1v) is 8.67. The van der Waals surface area contributed by atoms with Gasteiger partial charge in [0.15, 0.2) is 0 Å². The Bertz CT molecular complexity index is 634. The highest BCUT2D eigenvalue weighted by Gasteiger charge is 2.08. The summed E-state index contributed by atoms with van der Waals surface area (Å²) in [4.78, 5) is 27.6. The Morgan fingerprint density at radius 1 is 1.26 bits per heavy atom. The number of aromatic nitrogens is 1. The summed E-state index contributed by atoms with van der Waals surface area (Å²) in [5.41, 5.74) is 1.01. The van der Waals surface area contributed by atoms with Crippen molar-refractivity contribution in [3.63, 3.8) is 0 Å². The van der Waals surface area contributed by atoms with E-state index in [1.54, 1.807) is 25.2 Å². The molecular weight excluding hydrogens is 312 g/mol. The maximum absolute atomic E-state index is 11.7. The van der Waals surface area contributed by atoms with E-state index < -0.39 is 0 Å². The molecule has 0 saturated carbocycles. The van der Waals surface area contributed by atoms with Crippen molar-refractivity contribution in [2.75, 3.05) is 6.54 Å². The quantitative estimate of drug-likeness (QED) is 0.753. The molecule has 0 aliphatic rings. The minimum absolute atomic E-state index is 0.0385. The van der Waals surface area contributed by atoms with Crippen LogP contribution in [-0.2, 0) is 20.7 Å². The number of hydrogen-bond donors (Lipinski definition) is 1. The number of thiazole rings is 1.